The number of ether oxygens (including phenoxy) is 1. The molecule has 2 aromatic rings. The number of benzene rings is 1. The average Bonchev–Trinajstić information content (AvgIpc) is 2.63. The summed E-state index contributed by atoms with van der Waals surface area (Å²) in [5, 5.41) is 9.84. The predicted octanol–water partition coefficient (Wildman–Crippen LogP) is 0.762. The highest BCUT2D eigenvalue weighted by Crippen LogP contribution is 2.16. The molecule has 6 nitrogen and oxygen atoms in total. The molecule has 100 valence electrons. The van der Waals surface area contributed by atoms with Crippen molar-refractivity contribution in [3.8, 4) is 11.6 Å². The third-order valence-electron chi connectivity index (χ3n) is 2.98. The number of rotatable bonds is 4. The molecule has 0 bridgehead atoms. The summed E-state index contributed by atoms with van der Waals surface area (Å²) in [6, 6.07) is 7.11. The lowest BCUT2D eigenvalue weighted by Gasteiger charge is -2.04. The van der Waals surface area contributed by atoms with Crippen LogP contribution in [0.5, 0.6) is 11.6 Å². The van der Waals surface area contributed by atoms with Gasteiger partial charge in [-0.25, -0.2) is 4.79 Å². The maximum atomic E-state index is 11.9. The minimum absolute atomic E-state index is 0.0292. The molecule has 2 rings (SSSR count). The molecular weight excluding hydrogens is 248 g/mol. The van der Waals surface area contributed by atoms with Crippen molar-refractivity contribution in [3.05, 3.63) is 46.0 Å². The van der Waals surface area contributed by atoms with Crippen molar-refractivity contribution >= 4 is 6.29 Å². The summed E-state index contributed by atoms with van der Waals surface area (Å²) in [4.78, 5) is 22.7. The summed E-state index contributed by atoms with van der Waals surface area (Å²) in [7, 11) is 3.01. The van der Waals surface area contributed by atoms with Crippen molar-refractivity contribution < 1.29 is 14.6 Å². The second-order valence-electron chi connectivity index (χ2n) is 4.10. The van der Waals surface area contributed by atoms with Crippen LogP contribution in [0.3, 0.4) is 0 Å². The van der Waals surface area contributed by atoms with Crippen LogP contribution < -0.4 is 10.4 Å². The van der Waals surface area contributed by atoms with Gasteiger partial charge in [0.1, 0.15) is 11.4 Å². The Morgan fingerprint density at radius 1 is 1.32 bits per heavy atom. The molecule has 0 radical (unpaired) electrons. The van der Waals surface area contributed by atoms with E-state index in [-0.39, 0.29) is 18.1 Å². The monoisotopic (exact) mass is 262 g/mol. The topological polar surface area (TPSA) is 73.5 Å². The maximum absolute atomic E-state index is 11.9. The molecule has 1 N–H and O–H groups in total. The molecule has 1 aromatic heterocycles. The normalized spacial score (nSPS) is 10.4. The summed E-state index contributed by atoms with van der Waals surface area (Å²) in [5.74, 6) is 0.389. The van der Waals surface area contributed by atoms with Gasteiger partial charge in [0, 0.05) is 7.05 Å². The molecule has 19 heavy (non-hydrogen) atoms. The molecule has 0 aliphatic carbocycles. The SMILES string of the molecule is COc1ccc(Cn2c(O)c(C=O)n(C)c2=O)cc1. The van der Waals surface area contributed by atoms with Gasteiger partial charge in [0.05, 0.1) is 13.7 Å². The van der Waals surface area contributed by atoms with Gasteiger partial charge in [0.25, 0.3) is 0 Å². The lowest BCUT2D eigenvalue weighted by molar-refractivity contribution is 0.111. The van der Waals surface area contributed by atoms with Gasteiger partial charge >= 0.3 is 5.69 Å². The molecule has 0 aliphatic heterocycles. The lowest BCUT2D eigenvalue weighted by Crippen LogP contribution is -2.23. The lowest BCUT2D eigenvalue weighted by atomic mass is 10.2. The highest BCUT2D eigenvalue weighted by Gasteiger charge is 2.16. The first-order valence-electron chi connectivity index (χ1n) is 5.65. The number of methoxy groups -OCH3 is 1. The summed E-state index contributed by atoms with van der Waals surface area (Å²) in [5.41, 5.74) is 0.357. The van der Waals surface area contributed by atoms with Gasteiger partial charge in [-0.2, -0.15) is 0 Å². The van der Waals surface area contributed by atoms with Gasteiger partial charge in [-0.1, -0.05) is 12.1 Å². The number of aldehydes is 1. The highest BCUT2D eigenvalue weighted by atomic mass is 16.5. The van der Waals surface area contributed by atoms with E-state index < -0.39 is 5.69 Å². The van der Waals surface area contributed by atoms with Crippen LogP contribution in [0.1, 0.15) is 16.1 Å². The van der Waals surface area contributed by atoms with Crippen LogP contribution in [0.2, 0.25) is 0 Å². The van der Waals surface area contributed by atoms with Crippen LogP contribution >= 0.6 is 0 Å². The Kier molecular flexibility index (Phi) is 3.41. The van der Waals surface area contributed by atoms with Crippen LogP contribution in [-0.4, -0.2) is 27.6 Å². The minimum Gasteiger partial charge on any atom is -0.497 e. The summed E-state index contributed by atoms with van der Waals surface area (Å²) < 4.78 is 7.30. The molecule has 0 aliphatic rings. The maximum Gasteiger partial charge on any atom is 0.331 e. The predicted molar refractivity (Wildman–Crippen MR) is 68.8 cm³/mol. The Morgan fingerprint density at radius 2 is 1.95 bits per heavy atom. The smallest absolute Gasteiger partial charge is 0.331 e. The van der Waals surface area contributed by atoms with E-state index in [1.807, 2.05) is 0 Å². The van der Waals surface area contributed by atoms with Crippen LogP contribution in [0.15, 0.2) is 29.1 Å². The Bertz CT molecular complexity index is 653. The fourth-order valence-corrected chi connectivity index (χ4v) is 1.85. The molecule has 0 atom stereocenters. The van der Waals surface area contributed by atoms with Gasteiger partial charge in [-0.05, 0) is 17.7 Å². The van der Waals surface area contributed by atoms with E-state index in [9.17, 15) is 14.7 Å². The zero-order valence-electron chi connectivity index (χ0n) is 10.7. The molecule has 1 heterocycles. The number of nitrogens with zero attached hydrogens (tertiary/aromatic N) is 2. The highest BCUT2D eigenvalue weighted by molar-refractivity contribution is 5.75. The first-order chi connectivity index (χ1) is 9.08. The Labute approximate surface area is 109 Å². The fraction of sp³-hybridized carbons (Fsp3) is 0.231. The number of imidazole rings is 1. The Morgan fingerprint density at radius 3 is 2.42 bits per heavy atom. The zero-order valence-corrected chi connectivity index (χ0v) is 10.7. The number of hydrogen-bond donors (Lipinski definition) is 1. The second-order valence-corrected chi connectivity index (χ2v) is 4.10. The largest absolute Gasteiger partial charge is 0.497 e. The second kappa shape index (κ2) is 5.01. The van der Waals surface area contributed by atoms with Crippen LogP contribution in [-0.2, 0) is 13.6 Å². The van der Waals surface area contributed by atoms with Gasteiger partial charge in [-0.3, -0.25) is 13.9 Å². The van der Waals surface area contributed by atoms with E-state index in [1.54, 1.807) is 31.4 Å². The minimum atomic E-state index is -0.435. The van der Waals surface area contributed by atoms with E-state index >= 15 is 0 Å². The molecule has 6 heteroatoms. The third kappa shape index (κ3) is 2.24. The Balaban J connectivity index is 2.38. The molecule has 0 fully saturated rings. The summed E-state index contributed by atoms with van der Waals surface area (Å²) in [6.45, 7) is 0.191. The van der Waals surface area contributed by atoms with E-state index in [1.165, 1.54) is 7.05 Å². The van der Waals surface area contributed by atoms with E-state index in [0.717, 1.165) is 14.7 Å². The molecular formula is C13H14N2O4. The van der Waals surface area contributed by atoms with Gasteiger partial charge < -0.3 is 9.84 Å². The summed E-state index contributed by atoms with van der Waals surface area (Å²) >= 11 is 0. The fourth-order valence-electron chi connectivity index (χ4n) is 1.85. The quantitative estimate of drug-likeness (QED) is 0.826. The van der Waals surface area contributed by atoms with Crippen molar-refractivity contribution in [1.29, 1.82) is 0 Å². The number of hydrogen-bond acceptors (Lipinski definition) is 4. The van der Waals surface area contributed by atoms with Crippen molar-refractivity contribution in [3.63, 3.8) is 0 Å². The number of carbonyl (C=O) groups excluding carboxylic acids is 1. The van der Waals surface area contributed by atoms with Crippen LogP contribution in [0, 0.1) is 0 Å². The standard InChI is InChI=1S/C13H14N2O4/c1-14-11(8-16)12(17)15(13(14)18)7-9-3-5-10(19-2)6-4-9/h3-6,8,17H,7H2,1-2H3. The van der Waals surface area contributed by atoms with Gasteiger partial charge in [0.2, 0.25) is 5.88 Å². The molecule has 0 saturated carbocycles. The van der Waals surface area contributed by atoms with Crippen molar-refractivity contribution in [1.82, 2.24) is 9.13 Å². The molecule has 0 spiro atoms. The van der Waals surface area contributed by atoms with E-state index in [4.69, 9.17) is 4.74 Å². The molecule has 0 saturated heterocycles. The van der Waals surface area contributed by atoms with Crippen molar-refractivity contribution in [2.45, 2.75) is 6.54 Å². The number of aromatic hydroxyl groups is 1. The molecule has 0 unspecified atom stereocenters. The Hall–Kier alpha value is -2.50. The zero-order chi connectivity index (χ0) is 14.0. The molecule has 0 amide bonds. The van der Waals surface area contributed by atoms with Crippen LogP contribution in [0.4, 0.5) is 0 Å². The van der Waals surface area contributed by atoms with E-state index in [0.29, 0.717) is 12.0 Å². The number of carbonyl (C=O) groups is 1. The van der Waals surface area contributed by atoms with Gasteiger partial charge in [0.15, 0.2) is 6.29 Å². The van der Waals surface area contributed by atoms with Crippen LogP contribution in [0.25, 0.3) is 0 Å². The average molecular weight is 262 g/mol. The number of aromatic nitrogens is 2. The third-order valence-corrected chi connectivity index (χ3v) is 2.98. The summed E-state index contributed by atoms with van der Waals surface area (Å²) in [6.07, 6.45) is 0.460. The van der Waals surface area contributed by atoms with Crippen molar-refractivity contribution in [2.75, 3.05) is 7.11 Å². The molecule has 1 aromatic carbocycles. The van der Waals surface area contributed by atoms with E-state index in [2.05, 4.69) is 0 Å². The first-order valence-corrected chi connectivity index (χ1v) is 5.65. The first kappa shape index (κ1) is 12.9. The van der Waals surface area contributed by atoms with Crippen molar-refractivity contribution in [2.24, 2.45) is 7.05 Å². The van der Waals surface area contributed by atoms with Gasteiger partial charge in [-0.15, -0.1) is 0 Å².